The highest BCUT2D eigenvalue weighted by Gasteiger charge is 2.12. The lowest BCUT2D eigenvalue weighted by Crippen LogP contribution is -2.27. The first-order valence-corrected chi connectivity index (χ1v) is 6.98. The van der Waals surface area contributed by atoms with Gasteiger partial charge in [0.2, 0.25) is 0 Å². The largest absolute Gasteiger partial charge is 0.333 e. The number of aromatic nitrogens is 1. The molecular weight excluding hydrogens is 292 g/mol. The summed E-state index contributed by atoms with van der Waals surface area (Å²) in [4.78, 5) is 27.2. The number of benzene rings is 1. The van der Waals surface area contributed by atoms with E-state index in [1.165, 1.54) is 17.4 Å². The molecule has 8 heteroatoms. The molecule has 0 fully saturated rings. The first-order valence-electron chi connectivity index (χ1n) is 6.17. The highest BCUT2D eigenvalue weighted by Crippen LogP contribution is 2.22. The van der Waals surface area contributed by atoms with E-state index < -0.39 is 11.0 Å². The van der Waals surface area contributed by atoms with Crippen molar-refractivity contribution in [3.05, 3.63) is 50.0 Å². The second-order valence-corrected chi connectivity index (χ2v) is 5.73. The smallest absolute Gasteiger partial charge is 0.319 e. The topological polar surface area (TPSA) is 97.2 Å². The molecule has 0 unspecified atom stereocenters. The van der Waals surface area contributed by atoms with Gasteiger partial charge in [0.15, 0.2) is 0 Å². The Bertz CT molecular complexity index is 684. The number of hydrogen-bond acceptors (Lipinski definition) is 5. The Morgan fingerprint density at radius 3 is 2.81 bits per heavy atom. The van der Waals surface area contributed by atoms with Crippen LogP contribution >= 0.6 is 11.3 Å². The highest BCUT2D eigenvalue weighted by molar-refractivity contribution is 7.11. The zero-order chi connectivity index (χ0) is 15.4. The van der Waals surface area contributed by atoms with Gasteiger partial charge in [-0.05, 0) is 19.9 Å². The van der Waals surface area contributed by atoms with Crippen molar-refractivity contribution in [3.8, 4) is 0 Å². The van der Waals surface area contributed by atoms with Crippen LogP contribution in [0.3, 0.4) is 0 Å². The zero-order valence-electron chi connectivity index (χ0n) is 11.5. The van der Waals surface area contributed by atoms with Gasteiger partial charge in [-0.3, -0.25) is 10.1 Å². The summed E-state index contributed by atoms with van der Waals surface area (Å²) in [5, 5.41) is 17.0. The number of urea groups is 1. The molecule has 7 nitrogen and oxygen atoms in total. The summed E-state index contributed by atoms with van der Waals surface area (Å²) < 4.78 is 0. The van der Waals surface area contributed by atoms with Crippen molar-refractivity contribution in [1.82, 2.24) is 10.3 Å². The molecule has 0 saturated heterocycles. The molecule has 2 rings (SSSR count). The molecule has 2 amide bonds. The summed E-state index contributed by atoms with van der Waals surface area (Å²) in [6, 6.07) is 4.14. The number of nitro benzene ring substituents is 1. The van der Waals surface area contributed by atoms with Crippen molar-refractivity contribution in [1.29, 1.82) is 0 Å². The number of carbonyl (C=O) groups is 1. The van der Waals surface area contributed by atoms with Crippen LogP contribution in [-0.2, 0) is 6.54 Å². The number of nitrogens with zero attached hydrogens (tertiary/aromatic N) is 2. The standard InChI is InChI=1S/C13H14N4O3S/c1-8-3-4-10(5-12(8)17(19)20)16-13(18)15-7-11-6-14-9(2)21-11/h3-6H,7H2,1-2H3,(H2,15,16,18). The minimum atomic E-state index is -0.474. The molecule has 0 spiro atoms. The zero-order valence-corrected chi connectivity index (χ0v) is 12.4. The Morgan fingerprint density at radius 1 is 1.43 bits per heavy atom. The number of aryl methyl sites for hydroxylation is 2. The van der Waals surface area contributed by atoms with Crippen LogP contribution in [0, 0.1) is 24.0 Å². The normalized spacial score (nSPS) is 10.2. The number of anilines is 1. The van der Waals surface area contributed by atoms with Gasteiger partial charge in [-0.1, -0.05) is 6.07 Å². The second-order valence-electron chi connectivity index (χ2n) is 4.41. The van der Waals surface area contributed by atoms with Gasteiger partial charge >= 0.3 is 6.03 Å². The summed E-state index contributed by atoms with van der Waals surface area (Å²) in [5.74, 6) is 0. The maximum absolute atomic E-state index is 11.8. The van der Waals surface area contributed by atoms with Crippen molar-refractivity contribution in [2.75, 3.05) is 5.32 Å². The maximum atomic E-state index is 11.8. The third-order valence-electron chi connectivity index (χ3n) is 2.76. The van der Waals surface area contributed by atoms with E-state index in [2.05, 4.69) is 15.6 Å². The molecule has 110 valence electrons. The van der Waals surface area contributed by atoms with E-state index in [1.807, 2.05) is 6.92 Å². The maximum Gasteiger partial charge on any atom is 0.319 e. The number of nitrogens with one attached hydrogen (secondary N) is 2. The van der Waals surface area contributed by atoms with Gasteiger partial charge in [0.25, 0.3) is 5.69 Å². The van der Waals surface area contributed by atoms with Crippen molar-refractivity contribution in [2.24, 2.45) is 0 Å². The molecule has 0 radical (unpaired) electrons. The van der Waals surface area contributed by atoms with Crippen LogP contribution in [-0.4, -0.2) is 15.9 Å². The molecule has 2 aromatic rings. The Hall–Kier alpha value is -2.48. The van der Waals surface area contributed by atoms with Crippen LogP contribution in [0.15, 0.2) is 24.4 Å². The van der Waals surface area contributed by atoms with Gasteiger partial charge in [0.1, 0.15) is 0 Å². The summed E-state index contributed by atoms with van der Waals surface area (Å²) in [6.07, 6.45) is 1.71. The van der Waals surface area contributed by atoms with Crippen LogP contribution in [0.1, 0.15) is 15.4 Å². The Balaban J connectivity index is 1.96. The number of hydrogen-bond donors (Lipinski definition) is 2. The average molecular weight is 306 g/mol. The molecule has 0 bridgehead atoms. The molecule has 0 aliphatic rings. The first kappa shape index (κ1) is 14.9. The van der Waals surface area contributed by atoms with Crippen LogP contribution in [0.5, 0.6) is 0 Å². The number of amides is 2. The fraction of sp³-hybridized carbons (Fsp3) is 0.231. The summed E-state index contributed by atoms with van der Waals surface area (Å²) in [5.41, 5.74) is 0.905. The SMILES string of the molecule is Cc1ncc(CNC(=O)Nc2ccc(C)c([N+](=O)[O-])c2)s1. The predicted molar refractivity (Wildman–Crippen MR) is 80.5 cm³/mol. The highest BCUT2D eigenvalue weighted by atomic mass is 32.1. The molecule has 21 heavy (non-hydrogen) atoms. The quantitative estimate of drug-likeness (QED) is 0.670. The monoisotopic (exact) mass is 306 g/mol. The molecular formula is C13H14N4O3S. The summed E-state index contributed by atoms with van der Waals surface area (Å²) >= 11 is 1.50. The lowest BCUT2D eigenvalue weighted by atomic mass is 10.2. The van der Waals surface area contributed by atoms with Crippen molar-refractivity contribution in [3.63, 3.8) is 0 Å². The molecule has 0 saturated carbocycles. The minimum Gasteiger partial charge on any atom is -0.333 e. The fourth-order valence-electron chi connectivity index (χ4n) is 1.71. The number of carbonyl (C=O) groups excluding carboxylic acids is 1. The van der Waals surface area contributed by atoms with E-state index in [9.17, 15) is 14.9 Å². The third-order valence-corrected chi connectivity index (χ3v) is 3.67. The van der Waals surface area contributed by atoms with E-state index in [-0.39, 0.29) is 5.69 Å². The number of nitro groups is 1. The van der Waals surface area contributed by atoms with Gasteiger partial charge in [-0.2, -0.15) is 0 Å². The van der Waals surface area contributed by atoms with Crippen molar-refractivity contribution < 1.29 is 9.72 Å². The van der Waals surface area contributed by atoms with Gasteiger partial charge in [-0.15, -0.1) is 11.3 Å². The minimum absolute atomic E-state index is 0.0223. The van der Waals surface area contributed by atoms with E-state index in [0.29, 0.717) is 17.8 Å². The predicted octanol–water partition coefficient (Wildman–Crippen LogP) is 2.99. The van der Waals surface area contributed by atoms with Crippen LogP contribution in [0.25, 0.3) is 0 Å². The Labute approximate surface area is 125 Å². The molecule has 1 aromatic carbocycles. The molecule has 0 aliphatic heterocycles. The van der Waals surface area contributed by atoms with Gasteiger partial charge in [0, 0.05) is 28.4 Å². The average Bonchev–Trinajstić information content (AvgIpc) is 2.84. The van der Waals surface area contributed by atoms with Crippen LogP contribution in [0.4, 0.5) is 16.2 Å². The first-order chi connectivity index (χ1) is 9.95. The second kappa shape index (κ2) is 6.31. The third kappa shape index (κ3) is 3.99. The van der Waals surface area contributed by atoms with Gasteiger partial charge in [0.05, 0.1) is 16.5 Å². The Kier molecular flexibility index (Phi) is 4.49. The van der Waals surface area contributed by atoms with E-state index in [0.717, 1.165) is 9.88 Å². The molecule has 1 aromatic heterocycles. The summed E-state index contributed by atoms with van der Waals surface area (Å²) in [7, 11) is 0. The lowest BCUT2D eigenvalue weighted by Gasteiger charge is -2.07. The van der Waals surface area contributed by atoms with Crippen LogP contribution < -0.4 is 10.6 Å². The molecule has 2 N–H and O–H groups in total. The number of rotatable bonds is 4. The van der Waals surface area contributed by atoms with Gasteiger partial charge < -0.3 is 10.6 Å². The fourth-order valence-corrected chi connectivity index (χ4v) is 2.45. The van der Waals surface area contributed by atoms with Crippen molar-refractivity contribution >= 4 is 28.7 Å². The molecule has 0 atom stereocenters. The van der Waals surface area contributed by atoms with E-state index >= 15 is 0 Å². The van der Waals surface area contributed by atoms with Crippen LogP contribution in [0.2, 0.25) is 0 Å². The van der Waals surface area contributed by atoms with Gasteiger partial charge in [-0.25, -0.2) is 9.78 Å². The van der Waals surface area contributed by atoms with E-state index in [1.54, 1.807) is 25.3 Å². The van der Waals surface area contributed by atoms with Crippen molar-refractivity contribution in [2.45, 2.75) is 20.4 Å². The molecule has 1 heterocycles. The number of thiazole rings is 1. The lowest BCUT2D eigenvalue weighted by molar-refractivity contribution is -0.385. The molecule has 0 aliphatic carbocycles. The summed E-state index contributed by atoms with van der Waals surface area (Å²) in [6.45, 7) is 3.90. The Morgan fingerprint density at radius 2 is 2.19 bits per heavy atom. The van der Waals surface area contributed by atoms with E-state index in [4.69, 9.17) is 0 Å².